The number of hydrogen-bond donors (Lipinski definition) is 0. The molecule has 0 N–H and O–H groups in total. The van der Waals surface area contributed by atoms with E-state index in [1.54, 1.807) is 41.3 Å². The van der Waals surface area contributed by atoms with Gasteiger partial charge in [-0.15, -0.1) is 0 Å². The lowest BCUT2D eigenvalue weighted by atomic mass is 10.1. The molecule has 31 heavy (non-hydrogen) atoms. The number of hydrogen-bond acceptors (Lipinski definition) is 6. The second-order valence-corrected chi connectivity index (χ2v) is 7.24. The van der Waals surface area contributed by atoms with E-state index in [4.69, 9.17) is 9.47 Å². The number of nitrogens with zero attached hydrogens (tertiary/aromatic N) is 2. The van der Waals surface area contributed by atoms with Gasteiger partial charge in [0.05, 0.1) is 19.2 Å². The van der Waals surface area contributed by atoms with Gasteiger partial charge >= 0.3 is 5.97 Å². The molecule has 0 aliphatic carbocycles. The Kier molecular flexibility index (Phi) is 7.23. The molecule has 0 saturated carbocycles. The first kappa shape index (κ1) is 22.3. The maximum Gasteiger partial charge on any atom is 0.310 e. The molecular weight excluding hydrogens is 403 g/mol. The van der Waals surface area contributed by atoms with Gasteiger partial charge in [0.1, 0.15) is 11.6 Å². The average molecular weight is 428 g/mol. The summed E-state index contributed by atoms with van der Waals surface area (Å²) in [6.45, 7) is 2.71. The van der Waals surface area contributed by atoms with Crippen LogP contribution in [-0.4, -0.2) is 62.5 Å². The van der Waals surface area contributed by atoms with Gasteiger partial charge < -0.3 is 19.3 Å². The van der Waals surface area contributed by atoms with E-state index in [1.807, 2.05) is 4.90 Å². The minimum absolute atomic E-state index is 0.0145. The van der Waals surface area contributed by atoms with E-state index >= 15 is 0 Å². The average Bonchev–Trinajstić information content (AvgIpc) is 2.78. The number of esters is 1. The van der Waals surface area contributed by atoms with Crippen molar-refractivity contribution in [3.05, 3.63) is 59.4 Å². The van der Waals surface area contributed by atoms with Crippen LogP contribution in [0.5, 0.6) is 5.75 Å². The van der Waals surface area contributed by atoms with Crippen molar-refractivity contribution in [3.63, 3.8) is 0 Å². The van der Waals surface area contributed by atoms with Gasteiger partial charge in [0, 0.05) is 37.3 Å². The van der Waals surface area contributed by atoms with Crippen molar-refractivity contribution in [2.24, 2.45) is 0 Å². The van der Waals surface area contributed by atoms with Gasteiger partial charge in [-0.1, -0.05) is 18.2 Å². The van der Waals surface area contributed by atoms with Gasteiger partial charge in [0.15, 0.2) is 12.4 Å². The van der Waals surface area contributed by atoms with Crippen LogP contribution in [0.2, 0.25) is 0 Å². The van der Waals surface area contributed by atoms with E-state index in [0.29, 0.717) is 48.7 Å². The molecule has 1 aliphatic rings. The minimum Gasteiger partial charge on any atom is -0.496 e. The number of ether oxygens (including phenoxy) is 2. The fourth-order valence-corrected chi connectivity index (χ4v) is 3.47. The first-order valence-electron chi connectivity index (χ1n) is 9.99. The molecule has 1 saturated heterocycles. The van der Waals surface area contributed by atoms with Crippen LogP contribution >= 0.6 is 0 Å². The highest BCUT2D eigenvalue weighted by atomic mass is 19.1. The standard InChI is InChI=1S/C23H25FN2O5/c1-16(27)17-7-8-20(19(24)13-17)25-9-11-26(12-10-25)22(28)15-31-23(29)14-18-5-3-4-6-21(18)30-2/h3-8,13H,9-12,14-15H2,1-2H3. The summed E-state index contributed by atoms with van der Waals surface area (Å²) >= 11 is 0. The summed E-state index contributed by atoms with van der Waals surface area (Å²) in [5, 5.41) is 0. The second kappa shape index (κ2) is 10.1. The first-order valence-corrected chi connectivity index (χ1v) is 9.99. The Balaban J connectivity index is 1.48. The molecule has 3 rings (SSSR count). The van der Waals surface area contributed by atoms with Crippen LogP contribution in [0, 0.1) is 5.82 Å². The van der Waals surface area contributed by atoms with E-state index in [-0.39, 0.29) is 24.7 Å². The highest BCUT2D eigenvalue weighted by Gasteiger charge is 2.24. The maximum absolute atomic E-state index is 14.4. The number of halogens is 1. The largest absolute Gasteiger partial charge is 0.496 e. The van der Waals surface area contributed by atoms with Gasteiger partial charge in [-0.25, -0.2) is 4.39 Å². The fourth-order valence-electron chi connectivity index (χ4n) is 3.47. The minimum atomic E-state index is -0.510. The number of benzene rings is 2. The lowest BCUT2D eigenvalue weighted by Gasteiger charge is -2.36. The predicted molar refractivity (Wildman–Crippen MR) is 113 cm³/mol. The van der Waals surface area contributed by atoms with Crippen LogP contribution in [0.15, 0.2) is 42.5 Å². The number of methoxy groups -OCH3 is 1. The van der Waals surface area contributed by atoms with Crippen molar-refractivity contribution in [2.45, 2.75) is 13.3 Å². The monoisotopic (exact) mass is 428 g/mol. The summed E-state index contributed by atoms with van der Waals surface area (Å²) in [4.78, 5) is 39.3. The Morgan fingerprint density at radius 2 is 1.74 bits per heavy atom. The molecule has 1 aliphatic heterocycles. The third-order valence-electron chi connectivity index (χ3n) is 5.21. The van der Waals surface area contributed by atoms with Crippen LogP contribution in [-0.2, 0) is 20.7 Å². The fraction of sp³-hybridized carbons (Fsp3) is 0.348. The summed E-state index contributed by atoms with van der Waals surface area (Å²) in [5.74, 6) is -0.867. The zero-order chi connectivity index (χ0) is 22.4. The maximum atomic E-state index is 14.4. The normalized spacial score (nSPS) is 13.6. The SMILES string of the molecule is COc1ccccc1CC(=O)OCC(=O)N1CCN(c2ccc(C(C)=O)cc2F)CC1. The van der Waals surface area contributed by atoms with Gasteiger partial charge in [-0.05, 0) is 31.2 Å². The lowest BCUT2D eigenvalue weighted by molar-refractivity contribution is -0.151. The summed E-state index contributed by atoms with van der Waals surface area (Å²) in [6.07, 6.45) is 0.0145. The second-order valence-electron chi connectivity index (χ2n) is 7.24. The number of carbonyl (C=O) groups excluding carboxylic acids is 3. The van der Waals surface area contributed by atoms with Crippen molar-refractivity contribution < 1.29 is 28.2 Å². The molecule has 0 spiro atoms. The molecule has 0 bridgehead atoms. The number of amides is 1. The molecule has 2 aromatic rings. The van der Waals surface area contributed by atoms with Gasteiger partial charge in [0.25, 0.3) is 5.91 Å². The van der Waals surface area contributed by atoms with Crippen LogP contribution < -0.4 is 9.64 Å². The number of piperazine rings is 1. The molecule has 0 atom stereocenters. The Labute approximate surface area is 180 Å². The van der Waals surface area contributed by atoms with Crippen molar-refractivity contribution in [1.29, 1.82) is 0 Å². The van der Waals surface area contributed by atoms with Crippen LogP contribution in [0.1, 0.15) is 22.8 Å². The van der Waals surface area contributed by atoms with E-state index in [1.165, 1.54) is 20.1 Å². The highest BCUT2D eigenvalue weighted by Crippen LogP contribution is 2.22. The summed E-state index contributed by atoms with van der Waals surface area (Å²) in [7, 11) is 1.52. The van der Waals surface area contributed by atoms with E-state index in [2.05, 4.69) is 0 Å². The van der Waals surface area contributed by atoms with Crippen molar-refractivity contribution in [1.82, 2.24) is 4.90 Å². The Hall–Kier alpha value is -3.42. The van der Waals surface area contributed by atoms with Crippen LogP contribution in [0.3, 0.4) is 0 Å². The molecule has 0 radical (unpaired) electrons. The third kappa shape index (κ3) is 5.59. The van der Waals surface area contributed by atoms with Gasteiger partial charge in [-0.3, -0.25) is 14.4 Å². The number of anilines is 1. The molecule has 164 valence electrons. The molecule has 8 heteroatoms. The van der Waals surface area contributed by atoms with Crippen LogP contribution in [0.25, 0.3) is 0 Å². The Bertz CT molecular complexity index is 970. The molecule has 1 amide bonds. The highest BCUT2D eigenvalue weighted by molar-refractivity contribution is 5.94. The topological polar surface area (TPSA) is 76.2 Å². The van der Waals surface area contributed by atoms with Crippen LogP contribution in [0.4, 0.5) is 10.1 Å². The number of para-hydroxylation sites is 1. The van der Waals surface area contributed by atoms with Crippen molar-refractivity contribution in [3.8, 4) is 5.75 Å². The first-order chi connectivity index (χ1) is 14.9. The quantitative estimate of drug-likeness (QED) is 0.498. The third-order valence-corrected chi connectivity index (χ3v) is 5.21. The number of ketones is 1. The number of Topliss-reactive ketones (excluding diaryl/α,β-unsaturated/α-hetero) is 1. The number of carbonyl (C=O) groups is 3. The molecule has 0 aromatic heterocycles. The molecule has 1 fully saturated rings. The van der Waals surface area contributed by atoms with E-state index in [0.717, 1.165) is 0 Å². The molecular formula is C23H25FN2O5. The molecule has 7 nitrogen and oxygen atoms in total. The zero-order valence-corrected chi connectivity index (χ0v) is 17.6. The molecule has 2 aromatic carbocycles. The number of rotatable bonds is 7. The Morgan fingerprint density at radius 1 is 1.03 bits per heavy atom. The van der Waals surface area contributed by atoms with Crippen molar-refractivity contribution >= 4 is 23.3 Å². The summed E-state index contributed by atoms with van der Waals surface area (Å²) in [6, 6.07) is 11.5. The molecule has 1 heterocycles. The lowest BCUT2D eigenvalue weighted by Crippen LogP contribution is -2.50. The zero-order valence-electron chi connectivity index (χ0n) is 17.6. The van der Waals surface area contributed by atoms with E-state index in [9.17, 15) is 18.8 Å². The predicted octanol–water partition coefficient (Wildman–Crippen LogP) is 2.47. The summed E-state index contributed by atoms with van der Waals surface area (Å²) < 4.78 is 24.7. The summed E-state index contributed by atoms with van der Waals surface area (Å²) in [5.41, 5.74) is 1.42. The molecule has 0 unspecified atom stereocenters. The van der Waals surface area contributed by atoms with E-state index < -0.39 is 11.8 Å². The van der Waals surface area contributed by atoms with Crippen molar-refractivity contribution in [2.75, 3.05) is 44.8 Å². The Morgan fingerprint density at radius 3 is 2.39 bits per heavy atom. The van der Waals surface area contributed by atoms with Gasteiger partial charge in [-0.2, -0.15) is 0 Å². The smallest absolute Gasteiger partial charge is 0.310 e. The van der Waals surface area contributed by atoms with Gasteiger partial charge in [0.2, 0.25) is 0 Å².